The van der Waals surface area contributed by atoms with Gasteiger partial charge in [-0.3, -0.25) is 14.5 Å². The summed E-state index contributed by atoms with van der Waals surface area (Å²) in [6, 6.07) is -0.699. The van der Waals surface area contributed by atoms with E-state index in [4.69, 9.17) is 9.84 Å². The summed E-state index contributed by atoms with van der Waals surface area (Å²) in [5.74, 6) is -1.81. The summed E-state index contributed by atoms with van der Waals surface area (Å²) in [6.07, 6.45) is 0. The molecule has 90 valence electrons. The number of urea groups is 1. The van der Waals surface area contributed by atoms with Gasteiger partial charge >= 0.3 is 12.0 Å². The number of amides is 3. The Bertz CT molecular complexity index is 330. The first-order valence-corrected chi connectivity index (χ1v) is 4.84. The number of hydrogen-bond acceptors (Lipinski definition) is 4. The summed E-state index contributed by atoms with van der Waals surface area (Å²) in [6.45, 7) is 3.08. The van der Waals surface area contributed by atoms with Crippen molar-refractivity contribution >= 4 is 17.9 Å². The summed E-state index contributed by atoms with van der Waals surface area (Å²) in [5, 5.41) is 11.0. The third-order valence-corrected chi connectivity index (χ3v) is 2.23. The van der Waals surface area contributed by atoms with E-state index in [1.807, 2.05) is 0 Å². The van der Waals surface area contributed by atoms with E-state index in [-0.39, 0.29) is 6.61 Å². The lowest BCUT2D eigenvalue weighted by molar-refractivity contribution is -0.143. The molecule has 1 atom stereocenters. The van der Waals surface area contributed by atoms with Crippen LogP contribution in [0.3, 0.4) is 0 Å². The van der Waals surface area contributed by atoms with Crippen LogP contribution in [0.25, 0.3) is 0 Å². The maximum Gasteiger partial charge on any atom is 0.325 e. The van der Waals surface area contributed by atoms with Gasteiger partial charge in [0.2, 0.25) is 0 Å². The molecule has 16 heavy (non-hydrogen) atoms. The molecule has 0 aromatic carbocycles. The van der Waals surface area contributed by atoms with Gasteiger partial charge < -0.3 is 15.2 Å². The van der Waals surface area contributed by atoms with Crippen LogP contribution in [0, 0.1) is 0 Å². The molecule has 7 nitrogen and oxygen atoms in total. The number of carboxylic acids is 1. The van der Waals surface area contributed by atoms with Gasteiger partial charge in [-0.1, -0.05) is 0 Å². The van der Waals surface area contributed by atoms with E-state index in [0.717, 1.165) is 0 Å². The van der Waals surface area contributed by atoms with Crippen LogP contribution in [0.4, 0.5) is 4.79 Å². The minimum Gasteiger partial charge on any atom is -0.480 e. The van der Waals surface area contributed by atoms with Crippen molar-refractivity contribution < 1.29 is 24.2 Å². The van der Waals surface area contributed by atoms with Crippen molar-refractivity contribution in [3.8, 4) is 0 Å². The molecule has 0 aromatic heterocycles. The highest BCUT2D eigenvalue weighted by molar-refractivity contribution is 6.08. The number of ether oxygens (including phenoxy) is 1. The largest absolute Gasteiger partial charge is 0.480 e. The normalized spacial score (nSPS) is 24.8. The van der Waals surface area contributed by atoms with Crippen LogP contribution in [0.5, 0.6) is 0 Å². The average Bonchev–Trinajstić information content (AvgIpc) is 2.39. The Labute approximate surface area is 92.4 Å². The Morgan fingerprint density at radius 3 is 2.69 bits per heavy atom. The molecule has 0 saturated carbocycles. The number of carbonyl (C=O) groups is 3. The van der Waals surface area contributed by atoms with Gasteiger partial charge in [0.15, 0.2) is 0 Å². The Kier molecular flexibility index (Phi) is 3.48. The fourth-order valence-corrected chi connectivity index (χ4v) is 1.43. The zero-order chi connectivity index (χ0) is 12.3. The van der Waals surface area contributed by atoms with Gasteiger partial charge in [0.1, 0.15) is 12.1 Å². The summed E-state index contributed by atoms with van der Waals surface area (Å²) in [5.41, 5.74) is -1.16. The fourth-order valence-electron chi connectivity index (χ4n) is 1.43. The number of imide groups is 1. The van der Waals surface area contributed by atoms with Crippen LogP contribution >= 0.6 is 0 Å². The first kappa shape index (κ1) is 12.4. The lowest BCUT2D eigenvalue weighted by atomic mass is 10.0. The van der Waals surface area contributed by atoms with Crippen LogP contribution in [0.2, 0.25) is 0 Å². The first-order chi connectivity index (χ1) is 7.40. The molecule has 0 radical (unpaired) electrons. The highest BCUT2D eigenvalue weighted by Crippen LogP contribution is 2.17. The van der Waals surface area contributed by atoms with Crippen molar-refractivity contribution in [1.82, 2.24) is 10.2 Å². The average molecular weight is 230 g/mol. The van der Waals surface area contributed by atoms with Crippen LogP contribution in [-0.4, -0.2) is 53.2 Å². The Balaban J connectivity index is 2.76. The quantitative estimate of drug-likeness (QED) is 0.616. The number of hydrogen-bond donors (Lipinski definition) is 2. The van der Waals surface area contributed by atoms with Crippen molar-refractivity contribution in [2.24, 2.45) is 0 Å². The van der Waals surface area contributed by atoms with Crippen molar-refractivity contribution in [1.29, 1.82) is 0 Å². The fraction of sp³-hybridized carbons (Fsp3) is 0.667. The third-order valence-electron chi connectivity index (χ3n) is 2.23. The molecular weight excluding hydrogens is 216 g/mol. The van der Waals surface area contributed by atoms with E-state index in [1.54, 1.807) is 6.92 Å². The summed E-state index contributed by atoms with van der Waals surface area (Å²) in [4.78, 5) is 34.3. The lowest BCUT2D eigenvalue weighted by Gasteiger charge is -2.20. The number of nitrogens with one attached hydrogen (secondary N) is 1. The molecule has 0 aliphatic carbocycles. The van der Waals surface area contributed by atoms with Crippen LogP contribution < -0.4 is 5.32 Å². The zero-order valence-corrected chi connectivity index (χ0v) is 9.15. The van der Waals surface area contributed by atoms with Gasteiger partial charge in [-0.2, -0.15) is 0 Å². The Morgan fingerprint density at radius 1 is 1.56 bits per heavy atom. The van der Waals surface area contributed by atoms with Crippen LogP contribution in [0.1, 0.15) is 13.8 Å². The smallest absolute Gasteiger partial charge is 0.325 e. The molecular formula is C9H14N2O5. The van der Waals surface area contributed by atoms with E-state index in [0.29, 0.717) is 11.5 Å². The zero-order valence-electron chi connectivity index (χ0n) is 9.15. The molecule has 1 aliphatic heterocycles. The summed E-state index contributed by atoms with van der Waals surface area (Å²) in [7, 11) is 0. The number of carboxylic acid groups (broad SMARTS) is 1. The van der Waals surface area contributed by atoms with Crippen LogP contribution in [0.15, 0.2) is 0 Å². The van der Waals surface area contributed by atoms with Gasteiger partial charge in [-0.15, -0.1) is 0 Å². The highest BCUT2D eigenvalue weighted by Gasteiger charge is 2.48. The minimum atomic E-state index is -1.23. The second-order valence-corrected chi connectivity index (χ2v) is 3.68. The summed E-state index contributed by atoms with van der Waals surface area (Å²) >= 11 is 0. The SMILES string of the molecule is CCOCC1(C)NC(=O)N(CC(=O)O)C1=O. The van der Waals surface area contributed by atoms with E-state index < -0.39 is 30.0 Å². The maximum absolute atomic E-state index is 11.8. The van der Waals surface area contributed by atoms with Gasteiger partial charge in [0.05, 0.1) is 6.61 Å². The topological polar surface area (TPSA) is 95.9 Å². The monoisotopic (exact) mass is 230 g/mol. The molecule has 1 aliphatic rings. The molecule has 1 heterocycles. The molecule has 3 amide bonds. The molecule has 1 rings (SSSR count). The molecule has 0 aromatic rings. The van der Waals surface area contributed by atoms with E-state index in [9.17, 15) is 14.4 Å². The van der Waals surface area contributed by atoms with Gasteiger partial charge in [0, 0.05) is 6.61 Å². The lowest BCUT2D eigenvalue weighted by Crippen LogP contribution is -2.48. The number of carbonyl (C=O) groups excluding carboxylic acids is 2. The predicted octanol–water partition coefficient (Wildman–Crippen LogP) is -0.582. The molecule has 1 fully saturated rings. The second kappa shape index (κ2) is 4.48. The van der Waals surface area contributed by atoms with E-state index in [2.05, 4.69) is 5.32 Å². The van der Waals surface area contributed by atoms with Gasteiger partial charge in [0.25, 0.3) is 5.91 Å². The molecule has 1 saturated heterocycles. The van der Waals surface area contributed by atoms with Crippen LogP contribution in [-0.2, 0) is 14.3 Å². The second-order valence-electron chi connectivity index (χ2n) is 3.68. The standard InChI is InChI=1S/C9H14N2O5/c1-3-16-5-9(2)7(14)11(4-6(12)13)8(15)10-9/h3-5H2,1-2H3,(H,10,15)(H,12,13). The van der Waals surface area contributed by atoms with E-state index >= 15 is 0 Å². The minimum absolute atomic E-state index is 0.0319. The first-order valence-electron chi connectivity index (χ1n) is 4.84. The van der Waals surface area contributed by atoms with Gasteiger partial charge in [-0.05, 0) is 13.8 Å². The molecule has 7 heteroatoms. The Morgan fingerprint density at radius 2 is 2.19 bits per heavy atom. The maximum atomic E-state index is 11.8. The third kappa shape index (κ3) is 2.30. The molecule has 0 spiro atoms. The number of nitrogens with zero attached hydrogens (tertiary/aromatic N) is 1. The van der Waals surface area contributed by atoms with Crippen molar-refractivity contribution in [3.05, 3.63) is 0 Å². The number of rotatable bonds is 5. The highest BCUT2D eigenvalue weighted by atomic mass is 16.5. The van der Waals surface area contributed by atoms with Gasteiger partial charge in [-0.25, -0.2) is 4.79 Å². The Hall–Kier alpha value is -1.63. The summed E-state index contributed by atoms with van der Waals surface area (Å²) < 4.78 is 5.08. The molecule has 1 unspecified atom stereocenters. The van der Waals surface area contributed by atoms with Crippen molar-refractivity contribution in [2.45, 2.75) is 19.4 Å². The van der Waals surface area contributed by atoms with Crippen molar-refractivity contribution in [2.75, 3.05) is 19.8 Å². The number of aliphatic carboxylic acids is 1. The van der Waals surface area contributed by atoms with Crippen molar-refractivity contribution in [3.63, 3.8) is 0 Å². The van der Waals surface area contributed by atoms with E-state index in [1.165, 1.54) is 6.92 Å². The predicted molar refractivity (Wildman–Crippen MR) is 52.8 cm³/mol. The molecule has 0 bridgehead atoms. The molecule has 2 N–H and O–H groups in total.